The van der Waals surface area contributed by atoms with Crippen LogP contribution in [0.5, 0.6) is 0 Å². The van der Waals surface area contributed by atoms with E-state index in [2.05, 4.69) is 10.6 Å². The molecule has 0 saturated carbocycles. The zero-order valence-corrected chi connectivity index (χ0v) is 19.1. The predicted molar refractivity (Wildman–Crippen MR) is 114 cm³/mol. The van der Waals surface area contributed by atoms with Crippen LogP contribution in [0.4, 0.5) is 4.79 Å². The first-order chi connectivity index (χ1) is 13.3. The molecule has 3 amide bonds. The lowest BCUT2D eigenvalue weighted by Gasteiger charge is -2.27. The number of rotatable bonds is 6. The lowest BCUT2D eigenvalue weighted by atomic mass is 10.1. The maximum atomic E-state index is 12.5. The van der Waals surface area contributed by atoms with Crippen LogP contribution in [0.1, 0.15) is 68.2 Å². The smallest absolute Gasteiger partial charge is 0.410 e. The minimum absolute atomic E-state index is 0.0558. The van der Waals surface area contributed by atoms with Crippen molar-refractivity contribution in [2.24, 2.45) is 0 Å². The molecule has 29 heavy (non-hydrogen) atoms. The van der Waals surface area contributed by atoms with Gasteiger partial charge in [0.25, 0.3) is 0 Å². The molecule has 0 aliphatic carbocycles. The molecule has 1 heterocycles. The van der Waals surface area contributed by atoms with Gasteiger partial charge < -0.3 is 20.3 Å². The van der Waals surface area contributed by atoms with E-state index in [1.807, 2.05) is 47.6 Å². The van der Waals surface area contributed by atoms with E-state index in [1.54, 1.807) is 24.8 Å². The highest BCUT2D eigenvalue weighted by molar-refractivity contribution is 5.94. The van der Waals surface area contributed by atoms with E-state index in [0.29, 0.717) is 17.7 Å². The number of ether oxygens (including phenoxy) is 1. The molecule has 0 spiro atoms. The molecule has 0 aromatic rings. The van der Waals surface area contributed by atoms with E-state index in [1.165, 1.54) is 0 Å². The van der Waals surface area contributed by atoms with E-state index in [-0.39, 0.29) is 36.0 Å². The number of hydrogen-bond donors (Lipinski definition) is 2. The second-order valence-electron chi connectivity index (χ2n) is 8.97. The molecule has 1 aliphatic heterocycles. The maximum Gasteiger partial charge on any atom is 0.410 e. The summed E-state index contributed by atoms with van der Waals surface area (Å²) in [6, 6.07) is -0.394. The Morgan fingerprint density at radius 3 is 2.17 bits per heavy atom. The molecule has 2 atom stereocenters. The van der Waals surface area contributed by atoms with Crippen LogP contribution in [0.3, 0.4) is 0 Å². The Bertz CT molecular complexity index is 674. The number of hydrogen-bond acceptors (Lipinski definition) is 4. The molecule has 0 unspecified atom stereocenters. The van der Waals surface area contributed by atoms with E-state index in [9.17, 15) is 14.4 Å². The van der Waals surface area contributed by atoms with Crippen LogP contribution in [0.2, 0.25) is 0 Å². The van der Waals surface area contributed by atoms with Crippen molar-refractivity contribution in [2.75, 3.05) is 6.54 Å². The highest BCUT2D eigenvalue weighted by Crippen LogP contribution is 2.22. The summed E-state index contributed by atoms with van der Waals surface area (Å²) in [4.78, 5) is 38.6. The molecule has 164 valence electrons. The van der Waals surface area contributed by atoms with Crippen molar-refractivity contribution in [3.05, 3.63) is 23.3 Å². The molecule has 7 nitrogen and oxygen atoms in total. The first kappa shape index (κ1) is 24.7. The standard InChI is InChI=1S/C22H37N3O4/c1-14(2)23-19(26)15(3)12-17(5)24-20(27)16(4)13-18-10-9-11-25(18)21(28)29-22(6,7)8/h12-14,17-18H,9-11H2,1-8H3,(H,23,26)(H,24,27)/b15-12-,16-13-/t17-,18-/m0/s1. The monoisotopic (exact) mass is 407 g/mol. The minimum atomic E-state index is -0.554. The highest BCUT2D eigenvalue weighted by Gasteiger charge is 2.31. The number of likely N-dealkylation sites (tertiary alicyclic amines) is 1. The van der Waals surface area contributed by atoms with Crippen LogP contribution in [-0.4, -0.2) is 53.1 Å². The van der Waals surface area contributed by atoms with Gasteiger partial charge in [0.1, 0.15) is 5.60 Å². The second-order valence-corrected chi connectivity index (χ2v) is 8.97. The molecule has 2 N–H and O–H groups in total. The largest absolute Gasteiger partial charge is 0.444 e. The molecule has 0 aromatic carbocycles. The second kappa shape index (κ2) is 10.5. The third-order valence-electron chi connectivity index (χ3n) is 4.36. The summed E-state index contributed by atoms with van der Waals surface area (Å²) >= 11 is 0. The minimum Gasteiger partial charge on any atom is -0.444 e. The van der Waals surface area contributed by atoms with Crippen LogP contribution in [0, 0.1) is 0 Å². The lowest BCUT2D eigenvalue weighted by Crippen LogP contribution is -2.39. The summed E-state index contributed by atoms with van der Waals surface area (Å²) in [6.45, 7) is 15.2. The zero-order chi connectivity index (χ0) is 22.4. The van der Waals surface area contributed by atoms with Gasteiger partial charge in [-0.15, -0.1) is 0 Å². The van der Waals surface area contributed by atoms with Crippen molar-refractivity contribution < 1.29 is 19.1 Å². The third-order valence-corrected chi connectivity index (χ3v) is 4.36. The van der Waals surface area contributed by atoms with E-state index >= 15 is 0 Å². The van der Waals surface area contributed by atoms with Crippen LogP contribution in [-0.2, 0) is 14.3 Å². The predicted octanol–water partition coefficient (Wildman–Crippen LogP) is 3.31. The Morgan fingerprint density at radius 1 is 1.03 bits per heavy atom. The van der Waals surface area contributed by atoms with Crippen LogP contribution >= 0.6 is 0 Å². The fourth-order valence-electron chi connectivity index (χ4n) is 3.07. The molecule has 1 fully saturated rings. The molecule has 0 bridgehead atoms. The van der Waals surface area contributed by atoms with Gasteiger partial charge in [0, 0.05) is 29.8 Å². The molecule has 0 radical (unpaired) electrons. The van der Waals surface area contributed by atoms with Gasteiger partial charge >= 0.3 is 6.09 Å². The average Bonchev–Trinajstić information content (AvgIpc) is 3.00. The number of amides is 3. The van der Waals surface area contributed by atoms with Crippen LogP contribution in [0.15, 0.2) is 23.3 Å². The van der Waals surface area contributed by atoms with Crippen LogP contribution in [0.25, 0.3) is 0 Å². The first-order valence-corrected chi connectivity index (χ1v) is 10.3. The van der Waals surface area contributed by atoms with E-state index in [0.717, 1.165) is 12.8 Å². The molecular weight excluding hydrogens is 370 g/mol. The fraction of sp³-hybridized carbons (Fsp3) is 0.682. The molecule has 1 aliphatic rings. The summed E-state index contributed by atoms with van der Waals surface area (Å²) < 4.78 is 5.46. The molecule has 1 saturated heterocycles. The first-order valence-electron chi connectivity index (χ1n) is 10.3. The lowest BCUT2D eigenvalue weighted by molar-refractivity contribution is -0.119. The maximum absolute atomic E-state index is 12.5. The summed E-state index contributed by atoms with van der Waals surface area (Å²) in [5.74, 6) is -0.367. The molecule has 1 rings (SSSR count). The Balaban J connectivity index is 2.73. The average molecular weight is 408 g/mol. The topological polar surface area (TPSA) is 87.7 Å². The fourth-order valence-corrected chi connectivity index (χ4v) is 3.07. The van der Waals surface area contributed by atoms with Gasteiger partial charge in [0.2, 0.25) is 11.8 Å². The van der Waals surface area contributed by atoms with Crippen molar-refractivity contribution in [1.29, 1.82) is 0 Å². The van der Waals surface area contributed by atoms with Gasteiger partial charge in [-0.2, -0.15) is 0 Å². The Morgan fingerprint density at radius 2 is 1.62 bits per heavy atom. The zero-order valence-electron chi connectivity index (χ0n) is 19.1. The number of nitrogens with zero attached hydrogens (tertiary/aromatic N) is 1. The van der Waals surface area contributed by atoms with Crippen molar-refractivity contribution in [3.8, 4) is 0 Å². The van der Waals surface area contributed by atoms with Crippen LogP contribution < -0.4 is 10.6 Å². The van der Waals surface area contributed by atoms with Gasteiger partial charge in [-0.25, -0.2) is 4.79 Å². The number of carbonyl (C=O) groups is 3. The van der Waals surface area contributed by atoms with E-state index in [4.69, 9.17) is 4.74 Å². The highest BCUT2D eigenvalue weighted by atomic mass is 16.6. The SMILES string of the molecule is C/C(=C/[C@H](C)NC(=O)/C(C)=C\[C@@H]1CCCN1C(=O)OC(C)(C)C)C(=O)NC(C)C. The summed E-state index contributed by atoms with van der Waals surface area (Å²) in [6.07, 6.45) is 4.87. The molecule has 7 heteroatoms. The summed E-state index contributed by atoms with van der Waals surface area (Å²) in [7, 11) is 0. The van der Waals surface area contributed by atoms with Crippen molar-refractivity contribution in [1.82, 2.24) is 15.5 Å². The van der Waals surface area contributed by atoms with E-state index < -0.39 is 5.60 Å². The quantitative estimate of drug-likeness (QED) is 0.661. The molecule has 0 aromatic heterocycles. The Hall–Kier alpha value is -2.31. The number of nitrogens with one attached hydrogen (secondary N) is 2. The van der Waals surface area contributed by atoms with Gasteiger partial charge in [-0.1, -0.05) is 12.2 Å². The number of carbonyl (C=O) groups excluding carboxylic acids is 3. The Kier molecular flexibility index (Phi) is 8.92. The summed E-state index contributed by atoms with van der Waals surface area (Å²) in [5.41, 5.74) is 0.539. The van der Waals surface area contributed by atoms with Gasteiger partial charge in [-0.3, -0.25) is 9.59 Å². The van der Waals surface area contributed by atoms with Gasteiger partial charge in [0.15, 0.2) is 0 Å². The Labute approximate surface area is 174 Å². The normalized spacial score (nSPS) is 19.2. The van der Waals surface area contributed by atoms with Crippen molar-refractivity contribution in [2.45, 2.75) is 92.0 Å². The summed E-state index contributed by atoms with van der Waals surface area (Å²) in [5, 5.41) is 5.70. The van der Waals surface area contributed by atoms with Gasteiger partial charge in [0.05, 0.1) is 6.04 Å². The van der Waals surface area contributed by atoms with Crippen molar-refractivity contribution in [3.63, 3.8) is 0 Å². The van der Waals surface area contributed by atoms with Gasteiger partial charge in [-0.05, 0) is 68.2 Å². The third kappa shape index (κ3) is 8.71. The molecular formula is C22H37N3O4. The van der Waals surface area contributed by atoms with Crippen molar-refractivity contribution >= 4 is 17.9 Å².